The molecule has 150 valence electrons. The van der Waals surface area contributed by atoms with Gasteiger partial charge in [0.05, 0.1) is 6.20 Å². The highest BCUT2D eigenvalue weighted by Crippen LogP contribution is 2.28. The van der Waals surface area contributed by atoms with Crippen molar-refractivity contribution in [2.45, 2.75) is 0 Å². The van der Waals surface area contributed by atoms with Gasteiger partial charge in [0.25, 0.3) is 0 Å². The van der Waals surface area contributed by atoms with Crippen molar-refractivity contribution in [3.8, 4) is 45.7 Å². The lowest BCUT2D eigenvalue weighted by atomic mass is 10.1. The second-order valence-corrected chi connectivity index (χ2v) is 7.11. The molecule has 3 heterocycles. The fraction of sp³-hybridized carbons (Fsp3) is 0.0385. The van der Waals surface area contributed by atoms with Gasteiger partial charge in [0.2, 0.25) is 17.5 Å². The van der Waals surface area contributed by atoms with E-state index < -0.39 is 0 Å². The van der Waals surface area contributed by atoms with Crippen LogP contribution in [0.15, 0.2) is 108 Å². The van der Waals surface area contributed by atoms with Crippen LogP contribution in [0.4, 0.5) is 0 Å². The van der Waals surface area contributed by atoms with Crippen LogP contribution < -0.4 is 9.30 Å². The molecular formula is C26H20N3O2+. The minimum atomic E-state index is 0.567. The lowest BCUT2D eigenvalue weighted by molar-refractivity contribution is -0.659. The van der Waals surface area contributed by atoms with E-state index in [9.17, 15) is 0 Å². The third-order valence-electron chi connectivity index (χ3n) is 4.93. The summed E-state index contributed by atoms with van der Waals surface area (Å²) in [4.78, 5) is 8.68. The summed E-state index contributed by atoms with van der Waals surface area (Å²) >= 11 is 0. The second kappa shape index (κ2) is 8.24. The molecule has 0 bridgehead atoms. The SMILES string of the molecule is C[n+]1cc(-c2ncc(-c3ccccc3)o2)ccc1-c1cccc(Oc2ccccn2)c1. The minimum Gasteiger partial charge on any atom is -0.439 e. The molecule has 0 N–H and O–H groups in total. The Hall–Kier alpha value is -4.25. The molecule has 0 saturated heterocycles. The molecule has 0 unspecified atom stereocenters. The number of oxazole rings is 1. The van der Waals surface area contributed by atoms with Gasteiger partial charge in [0.15, 0.2) is 12.0 Å². The highest BCUT2D eigenvalue weighted by atomic mass is 16.5. The van der Waals surface area contributed by atoms with Gasteiger partial charge in [-0.05, 0) is 30.3 Å². The smallest absolute Gasteiger partial charge is 0.232 e. The van der Waals surface area contributed by atoms with E-state index in [4.69, 9.17) is 9.15 Å². The molecule has 5 heteroatoms. The monoisotopic (exact) mass is 406 g/mol. The third kappa shape index (κ3) is 4.07. The Labute approximate surface area is 180 Å². The number of ether oxygens (including phenoxy) is 1. The van der Waals surface area contributed by atoms with Crippen molar-refractivity contribution in [1.82, 2.24) is 9.97 Å². The van der Waals surface area contributed by atoms with E-state index in [0.717, 1.165) is 33.9 Å². The van der Waals surface area contributed by atoms with Gasteiger partial charge in [0.1, 0.15) is 18.4 Å². The fourth-order valence-corrected chi connectivity index (χ4v) is 3.42. The van der Waals surface area contributed by atoms with Crippen molar-refractivity contribution < 1.29 is 13.7 Å². The molecule has 0 spiro atoms. The van der Waals surface area contributed by atoms with Gasteiger partial charge < -0.3 is 9.15 Å². The summed E-state index contributed by atoms with van der Waals surface area (Å²) in [6.45, 7) is 0. The molecule has 0 saturated carbocycles. The number of aromatic nitrogens is 3. The normalized spacial score (nSPS) is 10.7. The first-order valence-corrected chi connectivity index (χ1v) is 9.97. The molecule has 0 fully saturated rings. The van der Waals surface area contributed by atoms with E-state index in [0.29, 0.717) is 11.8 Å². The maximum absolute atomic E-state index is 5.99. The average Bonchev–Trinajstić information content (AvgIpc) is 3.31. The predicted molar refractivity (Wildman–Crippen MR) is 118 cm³/mol. The number of nitrogens with zero attached hydrogens (tertiary/aromatic N) is 3. The van der Waals surface area contributed by atoms with Gasteiger partial charge in [-0.15, -0.1) is 0 Å². The van der Waals surface area contributed by atoms with E-state index in [2.05, 4.69) is 26.7 Å². The Morgan fingerprint density at radius 3 is 2.42 bits per heavy atom. The summed E-state index contributed by atoms with van der Waals surface area (Å²) in [6, 6.07) is 27.6. The number of aryl methyl sites for hydroxylation is 1. The van der Waals surface area contributed by atoms with Crippen molar-refractivity contribution in [3.05, 3.63) is 104 Å². The molecule has 0 atom stereocenters. The lowest BCUT2D eigenvalue weighted by Gasteiger charge is -2.06. The topological polar surface area (TPSA) is 52.0 Å². The zero-order valence-corrected chi connectivity index (χ0v) is 17.0. The molecule has 31 heavy (non-hydrogen) atoms. The number of hydrogen-bond donors (Lipinski definition) is 0. The van der Waals surface area contributed by atoms with E-state index >= 15 is 0 Å². The van der Waals surface area contributed by atoms with Crippen LogP contribution in [0.25, 0.3) is 34.0 Å². The van der Waals surface area contributed by atoms with Gasteiger partial charge in [-0.1, -0.05) is 42.5 Å². The van der Waals surface area contributed by atoms with Crippen LogP contribution in [-0.2, 0) is 7.05 Å². The van der Waals surface area contributed by atoms with Crippen molar-refractivity contribution in [2.75, 3.05) is 0 Å². The zero-order chi connectivity index (χ0) is 21.0. The number of rotatable bonds is 5. The van der Waals surface area contributed by atoms with Crippen LogP contribution in [0.3, 0.4) is 0 Å². The van der Waals surface area contributed by atoms with E-state index in [1.54, 1.807) is 12.4 Å². The van der Waals surface area contributed by atoms with E-state index in [1.807, 2.05) is 86.0 Å². The standard InChI is InChI=1S/C26H20N3O2/c1-29-18-21(26-28-17-24(31-26)19-8-3-2-4-9-19)13-14-23(29)20-10-7-11-22(16-20)30-25-12-5-6-15-27-25/h2-18H,1H3/q+1. The van der Waals surface area contributed by atoms with Crippen molar-refractivity contribution in [2.24, 2.45) is 7.05 Å². The average molecular weight is 406 g/mol. The van der Waals surface area contributed by atoms with Crippen LogP contribution >= 0.6 is 0 Å². The largest absolute Gasteiger partial charge is 0.439 e. The fourth-order valence-electron chi connectivity index (χ4n) is 3.42. The summed E-state index contributed by atoms with van der Waals surface area (Å²) in [5.41, 5.74) is 4.01. The van der Waals surface area contributed by atoms with Crippen LogP contribution in [0.1, 0.15) is 0 Å². The Morgan fingerprint density at radius 1 is 0.774 bits per heavy atom. The lowest BCUT2D eigenvalue weighted by Crippen LogP contribution is -2.30. The second-order valence-electron chi connectivity index (χ2n) is 7.11. The zero-order valence-electron chi connectivity index (χ0n) is 17.0. The van der Waals surface area contributed by atoms with Crippen LogP contribution in [0, 0.1) is 0 Å². The van der Waals surface area contributed by atoms with Crippen molar-refractivity contribution in [1.29, 1.82) is 0 Å². The summed E-state index contributed by atoms with van der Waals surface area (Å²) < 4.78 is 13.9. The predicted octanol–water partition coefficient (Wildman–Crippen LogP) is 5.69. The van der Waals surface area contributed by atoms with Gasteiger partial charge in [-0.2, -0.15) is 0 Å². The first-order chi connectivity index (χ1) is 15.3. The minimum absolute atomic E-state index is 0.567. The molecule has 0 radical (unpaired) electrons. The Kier molecular flexibility index (Phi) is 4.99. The molecule has 5 rings (SSSR count). The molecule has 2 aromatic carbocycles. The Bertz CT molecular complexity index is 1320. The summed E-state index contributed by atoms with van der Waals surface area (Å²) in [7, 11) is 2.01. The van der Waals surface area contributed by atoms with Gasteiger partial charge in [0, 0.05) is 29.5 Å². The highest BCUT2D eigenvalue weighted by molar-refractivity contribution is 5.63. The number of pyridine rings is 2. The summed E-state index contributed by atoms with van der Waals surface area (Å²) in [5, 5.41) is 0. The molecule has 0 amide bonds. The molecule has 3 aromatic heterocycles. The molecule has 5 aromatic rings. The maximum atomic E-state index is 5.99. The summed E-state index contributed by atoms with van der Waals surface area (Å²) in [5.74, 6) is 2.65. The molecule has 0 aliphatic rings. The van der Waals surface area contributed by atoms with Crippen LogP contribution in [0.5, 0.6) is 11.6 Å². The highest BCUT2D eigenvalue weighted by Gasteiger charge is 2.16. The maximum Gasteiger partial charge on any atom is 0.232 e. The van der Waals surface area contributed by atoms with Gasteiger partial charge in [-0.25, -0.2) is 14.5 Å². The number of benzene rings is 2. The van der Waals surface area contributed by atoms with Gasteiger partial charge in [-0.3, -0.25) is 0 Å². The summed E-state index contributed by atoms with van der Waals surface area (Å²) in [6.07, 6.45) is 5.49. The quantitative estimate of drug-likeness (QED) is 0.352. The van der Waals surface area contributed by atoms with E-state index in [-0.39, 0.29) is 0 Å². The van der Waals surface area contributed by atoms with E-state index in [1.165, 1.54) is 0 Å². The van der Waals surface area contributed by atoms with Crippen LogP contribution in [-0.4, -0.2) is 9.97 Å². The van der Waals surface area contributed by atoms with Gasteiger partial charge >= 0.3 is 0 Å². The Morgan fingerprint density at radius 2 is 1.61 bits per heavy atom. The first-order valence-electron chi connectivity index (χ1n) is 9.97. The number of hydrogen-bond acceptors (Lipinski definition) is 4. The molecule has 0 aliphatic heterocycles. The first kappa shape index (κ1) is 18.8. The van der Waals surface area contributed by atoms with Crippen LogP contribution in [0.2, 0.25) is 0 Å². The molecule has 0 aliphatic carbocycles. The Balaban J connectivity index is 1.41. The van der Waals surface area contributed by atoms with Crippen molar-refractivity contribution in [3.63, 3.8) is 0 Å². The van der Waals surface area contributed by atoms with Crippen molar-refractivity contribution >= 4 is 0 Å². The molecular weight excluding hydrogens is 386 g/mol. The molecule has 5 nitrogen and oxygen atoms in total. The third-order valence-corrected chi connectivity index (χ3v) is 4.93.